The van der Waals surface area contributed by atoms with Crippen LogP contribution in [0.15, 0.2) is 0 Å². The topological polar surface area (TPSA) is 0 Å². The minimum Gasteiger partial charge on any atom is -0.0771 e. The third-order valence-electron chi connectivity index (χ3n) is 3.02. The van der Waals surface area contributed by atoms with Gasteiger partial charge in [-0.05, 0) is 17.8 Å². The first-order valence-electron chi connectivity index (χ1n) is 5.30. The molecule has 0 spiro atoms. The molecular formula is C11H23B. The summed E-state index contributed by atoms with van der Waals surface area (Å²) in [6, 6.07) is 0. The Morgan fingerprint density at radius 1 is 0.917 bits per heavy atom. The largest absolute Gasteiger partial charge is 0.0771 e. The van der Waals surface area contributed by atoms with Gasteiger partial charge in [0.05, 0.1) is 7.85 Å². The smallest absolute Gasteiger partial charge is 0.0699 e. The van der Waals surface area contributed by atoms with Gasteiger partial charge in [0.1, 0.15) is 0 Å². The first-order chi connectivity index (χ1) is 5.54. The third-order valence-corrected chi connectivity index (χ3v) is 3.02. The van der Waals surface area contributed by atoms with E-state index in [-0.39, 0.29) is 0 Å². The molecule has 0 saturated carbocycles. The maximum atomic E-state index is 5.96. The van der Waals surface area contributed by atoms with Crippen molar-refractivity contribution in [2.24, 2.45) is 17.8 Å². The van der Waals surface area contributed by atoms with Crippen LogP contribution in [-0.2, 0) is 0 Å². The van der Waals surface area contributed by atoms with Crippen molar-refractivity contribution in [3.05, 3.63) is 0 Å². The fourth-order valence-electron chi connectivity index (χ4n) is 2.33. The second kappa shape index (κ2) is 5.67. The van der Waals surface area contributed by atoms with Crippen LogP contribution in [0.4, 0.5) is 0 Å². The number of hydrogen-bond donors (Lipinski definition) is 0. The van der Waals surface area contributed by atoms with Gasteiger partial charge in [-0.3, -0.25) is 0 Å². The lowest BCUT2D eigenvalue weighted by Crippen LogP contribution is -2.22. The molecule has 2 radical (unpaired) electrons. The molecule has 0 fully saturated rings. The predicted molar refractivity (Wildman–Crippen MR) is 57.6 cm³/mol. The Labute approximate surface area is 79.5 Å². The normalized spacial score (nSPS) is 19.2. The Morgan fingerprint density at radius 3 is 1.42 bits per heavy atom. The lowest BCUT2D eigenvalue weighted by atomic mass is 9.67. The quantitative estimate of drug-likeness (QED) is 0.546. The van der Waals surface area contributed by atoms with E-state index in [0.717, 1.165) is 11.8 Å². The van der Waals surface area contributed by atoms with Crippen molar-refractivity contribution in [3.8, 4) is 0 Å². The van der Waals surface area contributed by atoms with E-state index >= 15 is 0 Å². The fraction of sp³-hybridized carbons (Fsp3) is 1.00. The van der Waals surface area contributed by atoms with Crippen LogP contribution >= 0.6 is 0 Å². The summed E-state index contributed by atoms with van der Waals surface area (Å²) in [4.78, 5) is 0. The van der Waals surface area contributed by atoms with Gasteiger partial charge in [0.25, 0.3) is 0 Å². The zero-order valence-electron chi connectivity index (χ0n) is 9.30. The van der Waals surface area contributed by atoms with Crippen molar-refractivity contribution in [2.75, 3.05) is 0 Å². The van der Waals surface area contributed by atoms with E-state index < -0.39 is 0 Å². The van der Waals surface area contributed by atoms with Crippen LogP contribution in [0, 0.1) is 17.8 Å². The first-order valence-corrected chi connectivity index (χ1v) is 5.30. The van der Waals surface area contributed by atoms with Gasteiger partial charge in [-0.25, -0.2) is 0 Å². The highest BCUT2D eigenvalue weighted by molar-refractivity contribution is 6.11. The SMILES string of the molecule is [B]C(C)C(CC)C(CC)C(C)C. The van der Waals surface area contributed by atoms with Gasteiger partial charge >= 0.3 is 0 Å². The van der Waals surface area contributed by atoms with E-state index in [4.69, 9.17) is 7.85 Å². The van der Waals surface area contributed by atoms with Gasteiger partial charge in [0.2, 0.25) is 0 Å². The molecule has 0 heterocycles. The molecule has 12 heavy (non-hydrogen) atoms. The maximum Gasteiger partial charge on any atom is 0.0699 e. The van der Waals surface area contributed by atoms with Gasteiger partial charge in [0, 0.05) is 0 Å². The molecular weight excluding hydrogens is 143 g/mol. The Kier molecular flexibility index (Phi) is 5.70. The summed E-state index contributed by atoms with van der Waals surface area (Å²) in [5, 5.41) is 0. The summed E-state index contributed by atoms with van der Waals surface area (Å²) < 4.78 is 0. The Bertz CT molecular complexity index is 93.6. The fourth-order valence-corrected chi connectivity index (χ4v) is 2.33. The van der Waals surface area contributed by atoms with Crippen LogP contribution in [0.3, 0.4) is 0 Å². The van der Waals surface area contributed by atoms with Crippen molar-refractivity contribution in [1.82, 2.24) is 0 Å². The van der Waals surface area contributed by atoms with Crippen molar-refractivity contribution in [2.45, 2.75) is 53.3 Å². The zero-order valence-corrected chi connectivity index (χ0v) is 9.30. The average Bonchev–Trinajstić information content (AvgIpc) is 1.98. The van der Waals surface area contributed by atoms with Crippen LogP contribution in [0.5, 0.6) is 0 Å². The van der Waals surface area contributed by atoms with Crippen molar-refractivity contribution in [1.29, 1.82) is 0 Å². The second-order valence-electron chi connectivity index (χ2n) is 4.25. The minimum atomic E-state index is 0.349. The highest BCUT2D eigenvalue weighted by Gasteiger charge is 2.23. The zero-order chi connectivity index (χ0) is 9.72. The van der Waals surface area contributed by atoms with Gasteiger partial charge in [-0.1, -0.05) is 53.3 Å². The summed E-state index contributed by atoms with van der Waals surface area (Å²) in [6.45, 7) is 11.3. The maximum absolute atomic E-state index is 5.96. The van der Waals surface area contributed by atoms with E-state index in [1.807, 2.05) is 0 Å². The van der Waals surface area contributed by atoms with Gasteiger partial charge in [-0.2, -0.15) is 0 Å². The average molecular weight is 166 g/mol. The molecule has 0 rings (SSSR count). The van der Waals surface area contributed by atoms with E-state index in [1.54, 1.807) is 0 Å². The van der Waals surface area contributed by atoms with Crippen molar-refractivity contribution >= 4 is 7.85 Å². The number of hydrogen-bond acceptors (Lipinski definition) is 0. The monoisotopic (exact) mass is 166 g/mol. The van der Waals surface area contributed by atoms with Gasteiger partial charge in [0.15, 0.2) is 0 Å². The molecule has 1 heteroatoms. The lowest BCUT2D eigenvalue weighted by Gasteiger charge is -2.31. The number of rotatable bonds is 5. The molecule has 0 aliphatic rings. The molecule has 0 amide bonds. The molecule has 0 bridgehead atoms. The summed E-state index contributed by atoms with van der Waals surface area (Å²) in [6.07, 6.45) is 2.48. The van der Waals surface area contributed by atoms with Crippen LogP contribution in [0.2, 0.25) is 5.82 Å². The van der Waals surface area contributed by atoms with Crippen LogP contribution in [0.1, 0.15) is 47.5 Å². The Morgan fingerprint density at radius 2 is 1.33 bits per heavy atom. The van der Waals surface area contributed by atoms with Gasteiger partial charge < -0.3 is 0 Å². The molecule has 0 aliphatic heterocycles. The molecule has 3 unspecified atom stereocenters. The van der Waals surface area contributed by atoms with Crippen molar-refractivity contribution in [3.63, 3.8) is 0 Å². The van der Waals surface area contributed by atoms with E-state index in [1.165, 1.54) is 12.8 Å². The summed E-state index contributed by atoms with van der Waals surface area (Å²) >= 11 is 0. The molecule has 0 saturated heterocycles. The summed E-state index contributed by atoms with van der Waals surface area (Å²) in [7, 11) is 5.96. The molecule has 0 N–H and O–H groups in total. The molecule has 0 aromatic heterocycles. The highest BCUT2D eigenvalue weighted by atomic mass is 14.3. The molecule has 0 aromatic rings. The highest BCUT2D eigenvalue weighted by Crippen LogP contribution is 2.33. The second-order valence-corrected chi connectivity index (χ2v) is 4.25. The summed E-state index contributed by atoms with van der Waals surface area (Å²) in [5.74, 6) is 2.62. The Hall–Kier alpha value is 0.0649. The molecule has 0 nitrogen and oxygen atoms in total. The molecule has 3 atom stereocenters. The standard InChI is InChI=1S/C11H23B/c1-6-10(8(3)4)11(7-2)9(5)12/h8-11H,6-7H2,1-5H3. The third kappa shape index (κ3) is 3.20. The van der Waals surface area contributed by atoms with Crippen molar-refractivity contribution < 1.29 is 0 Å². The lowest BCUT2D eigenvalue weighted by molar-refractivity contribution is 0.233. The van der Waals surface area contributed by atoms with Crippen LogP contribution in [0.25, 0.3) is 0 Å². The summed E-state index contributed by atoms with van der Waals surface area (Å²) in [5.41, 5.74) is 0. The van der Waals surface area contributed by atoms with E-state index in [2.05, 4.69) is 34.6 Å². The first kappa shape index (κ1) is 12.1. The van der Waals surface area contributed by atoms with Crippen LogP contribution < -0.4 is 0 Å². The van der Waals surface area contributed by atoms with Gasteiger partial charge in [-0.15, -0.1) is 0 Å². The van der Waals surface area contributed by atoms with E-state index in [0.29, 0.717) is 11.7 Å². The van der Waals surface area contributed by atoms with E-state index in [9.17, 15) is 0 Å². The molecule has 0 aromatic carbocycles. The van der Waals surface area contributed by atoms with Crippen LogP contribution in [-0.4, -0.2) is 7.85 Å². The predicted octanol–water partition coefficient (Wildman–Crippen LogP) is 3.67. The minimum absolute atomic E-state index is 0.349. The Balaban J connectivity index is 4.23. The molecule has 0 aliphatic carbocycles. The molecule has 70 valence electrons.